The topological polar surface area (TPSA) is 66.8 Å². The minimum atomic E-state index is -0.497. The molecule has 0 aliphatic heterocycles. The van der Waals surface area contributed by atoms with Crippen LogP contribution in [-0.4, -0.2) is 30.6 Å². The molecule has 1 amide bonds. The standard InChI is InChI=1S/C11H13NO4/c1-8(13)12(7-11(15)16-2)9-3-5-10(14)6-4-9/h3-6,14H,7H2,1-2H3. The SMILES string of the molecule is COC(=O)CN(C(C)=O)c1ccc(O)cc1. The molecule has 5 nitrogen and oxygen atoms in total. The predicted octanol–water partition coefficient (Wildman–Crippen LogP) is 0.918. The number of esters is 1. The van der Waals surface area contributed by atoms with Crippen molar-refractivity contribution in [1.29, 1.82) is 0 Å². The highest BCUT2D eigenvalue weighted by atomic mass is 16.5. The van der Waals surface area contributed by atoms with Crippen LogP contribution in [0.25, 0.3) is 0 Å². The number of rotatable bonds is 3. The molecule has 5 heteroatoms. The third-order valence-electron chi connectivity index (χ3n) is 2.06. The van der Waals surface area contributed by atoms with E-state index in [0.29, 0.717) is 5.69 Å². The highest BCUT2D eigenvalue weighted by Gasteiger charge is 2.15. The van der Waals surface area contributed by atoms with Crippen molar-refractivity contribution in [2.75, 3.05) is 18.6 Å². The molecule has 0 spiro atoms. The van der Waals surface area contributed by atoms with E-state index in [1.165, 1.54) is 31.1 Å². The van der Waals surface area contributed by atoms with Gasteiger partial charge in [-0.1, -0.05) is 0 Å². The first-order valence-electron chi connectivity index (χ1n) is 4.68. The molecule has 1 aromatic rings. The summed E-state index contributed by atoms with van der Waals surface area (Å²) in [5, 5.41) is 9.11. The Labute approximate surface area is 93.2 Å². The van der Waals surface area contributed by atoms with Crippen LogP contribution in [0, 0.1) is 0 Å². The quantitative estimate of drug-likeness (QED) is 0.774. The van der Waals surface area contributed by atoms with Crippen molar-refractivity contribution >= 4 is 17.6 Å². The van der Waals surface area contributed by atoms with Gasteiger partial charge in [-0.15, -0.1) is 0 Å². The number of hydrogen-bond acceptors (Lipinski definition) is 4. The van der Waals surface area contributed by atoms with E-state index < -0.39 is 5.97 Å². The zero-order valence-corrected chi connectivity index (χ0v) is 9.14. The smallest absolute Gasteiger partial charge is 0.325 e. The van der Waals surface area contributed by atoms with Crippen LogP contribution in [0.2, 0.25) is 0 Å². The number of carbonyl (C=O) groups excluding carboxylic acids is 2. The van der Waals surface area contributed by atoms with Gasteiger partial charge >= 0.3 is 5.97 Å². The van der Waals surface area contributed by atoms with Crippen LogP contribution in [0.3, 0.4) is 0 Å². The maximum absolute atomic E-state index is 11.3. The number of carbonyl (C=O) groups is 2. The number of aromatic hydroxyl groups is 1. The first-order valence-corrected chi connectivity index (χ1v) is 4.68. The van der Waals surface area contributed by atoms with E-state index in [-0.39, 0.29) is 18.2 Å². The van der Waals surface area contributed by atoms with Crippen LogP contribution >= 0.6 is 0 Å². The summed E-state index contributed by atoms with van der Waals surface area (Å²) in [7, 11) is 1.26. The first kappa shape index (κ1) is 12.0. The van der Waals surface area contributed by atoms with Crippen LogP contribution in [0.5, 0.6) is 5.75 Å². The van der Waals surface area contributed by atoms with Gasteiger partial charge in [0.1, 0.15) is 12.3 Å². The fraction of sp³-hybridized carbons (Fsp3) is 0.273. The molecule has 1 N–H and O–H groups in total. The molecule has 1 rings (SSSR count). The van der Waals surface area contributed by atoms with Gasteiger partial charge in [0.2, 0.25) is 5.91 Å². The summed E-state index contributed by atoms with van der Waals surface area (Å²) in [6, 6.07) is 6.00. The molecule has 1 aromatic carbocycles. The summed E-state index contributed by atoms with van der Waals surface area (Å²) in [4.78, 5) is 23.7. The van der Waals surface area contributed by atoms with Crippen LogP contribution in [-0.2, 0) is 14.3 Å². The summed E-state index contributed by atoms with van der Waals surface area (Å²) in [5.74, 6) is -0.662. The lowest BCUT2D eigenvalue weighted by molar-refractivity contribution is -0.139. The average Bonchev–Trinajstić information content (AvgIpc) is 2.26. The number of phenolic OH excluding ortho intramolecular Hbond substituents is 1. The Morgan fingerprint density at radius 2 is 1.88 bits per heavy atom. The Kier molecular flexibility index (Phi) is 3.88. The van der Waals surface area contributed by atoms with Gasteiger partial charge < -0.3 is 14.7 Å². The van der Waals surface area contributed by atoms with E-state index in [2.05, 4.69) is 4.74 Å². The zero-order chi connectivity index (χ0) is 12.1. The Hall–Kier alpha value is -2.04. The van der Waals surface area contributed by atoms with Gasteiger partial charge in [-0.2, -0.15) is 0 Å². The molecule has 0 fully saturated rings. The second-order valence-corrected chi connectivity index (χ2v) is 3.20. The van der Waals surface area contributed by atoms with Gasteiger partial charge in [-0.25, -0.2) is 0 Å². The molecule has 0 radical (unpaired) electrons. The summed E-state index contributed by atoms with van der Waals surface area (Å²) < 4.78 is 4.49. The number of benzene rings is 1. The molecule has 86 valence electrons. The van der Waals surface area contributed by atoms with Crippen molar-refractivity contribution in [2.24, 2.45) is 0 Å². The average molecular weight is 223 g/mol. The molecule has 0 saturated carbocycles. The largest absolute Gasteiger partial charge is 0.508 e. The number of methoxy groups -OCH3 is 1. The van der Waals surface area contributed by atoms with Crippen molar-refractivity contribution in [3.63, 3.8) is 0 Å². The minimum Gasteiger partial charge on any atom is -0.508 e. The van der Waals surface area contributed by atoms with Crippen molar-refractivity contribution < 1.29 is 19.4 Å². The van der Waals surface area contributed by atoms with Gasteiger partial charge in [-0.05, 0) is 24.3 Å². The maximum atomic E-state index is 11.3. The van der Waals surface area contributed by atoms with E-state index in [9.17, 15) is 9.59 Å². The maximum Gasteiger partial charge on any atom is 0.325 e. The van der Waals surface area contributed by atoms with Gasteiger partial charge in [0.15, 0.2) is 0 Å². The second kappa shape index (κ2) is 5.16. The van der Waals surface area contributed by atoms with Gasteiger partial charge in [0.05, 0.1) is 7.11 Å². The fourth-order valence-electron chi connectivity index (χ4n) is 1.21. The highest BCUT2D eigenvalue weighted by molar-refractivity contribution is 5.96. The lowest BCUT2D eigenvalue weighted by Gasteiger charge is -2.19. The Bertz CT molecular complexity index is 385. The van der Waals surface area contributed by atoms with Crippen LogP contribution in [0.15, 0.2) is 24.3 Å². The molecule has 0 bridgehead atoms. The van der Waals surface area contributed by atoms with Crippen LogP contribution in [0.4, 0.5) is 5.69 Å². The zero-order valence-electron chi connectivity index (χ0n) is 9.14. The first-order chi connectivity index (χ1) is 7.54. The molecular weight excluding hydrogens is 210 g/mol. The molecule has 0 aliphatic rings. The Balaban J connectivity index is 2.89. The summed E-state index contributed by atoms with van der Waals surface area (Å²) in [5.41, 5.74) is 0.538. The van der Waals surface area contributed by atoms with E-state index in [0.717, 1.165) is 0 Å². The lowest BCUT2D eigenvalue weighted by Crippen LogP contribution is -2.34. The molecule has 0 saturated heterocycles. The van der Waals surface area contributed by atoms with E-state index in [4.69, 9.17) is 5.11 Å². The molecule has 0 aromatic heterocycles. The summed E-state index contributed by atoms with van der Waals surface area (Å²) in [6.07, 6.45) is 0. The number of anilines is 1. The summed E-state index contributed by atoms with van der Waals surface area (Å²) >= 11 is 0. The highest BCUT2D eigenvalue weighted by Crippen LogP contribution is 2.18. The van der Waals surface area contributed by atoms with Gasteiger partial charge in [-0.3, -0.25) is 9.59 Å². The van der Waals surface area contributed by atoms with Crippen molar-refractivity contribution in [3.8, 4) is 5.75 Å². The molecule has 0 heterocycles. The van der Waals surface area contributed by atoms with Crippen molar-refractivity contribution in [2.45, 2.75) is 6.92 Å². The third-order valence-corrected chi connectivity index (χ3v) is 2.06. The van der Waals surface area contributed by atoms with E-state index in [1.54, 1.807) is 12.1 Å². The number of ether oxygens (including phenoxy) is 1. The van der Waals surface area contributed by atoms with Gasteiger partial charge in [0, 0.05) is 12.6 Å². The number of phenols is 1. The summed E-state index contributed by atoms with van der Waals surface area (Å²) in [6.45, 7) is 1.21. The lowest BCUT2D eigenvalue weighted by atomic mass is 10.2. The van der Waals surface area contributed by atoms with Crippen molar-refractivity contribution in [3.05, 3.63) is 24.3 Å². The number of hydrogen-bond donors (Lipinski definition) is 1. The molecular formula is C11H13NO4. The van der Waals surface area contributed by atoms with Crippen LogP contribution < -0.4 is 4.90 Å². The fourth-order valence-corrected chi connectivity index (χ4v) is 1.21. The third kappa shape index (κ3) is 2.98. The predicted molar refractivity (Wildman–Crippen MR) is 58.1 cm³/mol. The molecule has 0 aliphatic carbocycles. The molecule has 16 heavy (non-hydrogen) atoms. The van der Waals surface area contributed by atoms with E-state index >= 15 is 0 Å². The van der Waals surface area contributed by atoms with Crippen LogP contribution in [0.1, 0.15) is 6.92 Å². The minimum absolute atomic E-state index is 0.102. The van der Waals surface area contributed by atoms with E-state index in [1.807, 2.05) is 0 Å². The van der Waals surface area contributed by atoms with Crippen molar-refractivity contribution in [1.82, 2.24) is 0 Å². The molecule has 0 atom stereocenters. The second-order valence-electron chi connectivity index (χ2n) is 3.20. The monoisotopic (exact) mass is 223 g/mol. The Morgan fingerprint density at radius 1 is 1.31 bits per heavy atom. The van der Waals surface area contributed by atoms with Gasteiger partial charge in [0.25, 0.3) is 0 Å². The Morgan fingerprint density at radius 3 is 2.31 bits per heavy atom. The number of amides is 1. The molecule has 0 unspecified atom stereocenters. The number of nitrogens with zero attached hydrogens (tertiary/aromatic N) is 1. The normalized spacial score (nSPS) is 9.62.